The Kier molecular flexibility index (Phi) is 7.72. The smallest absolute Gasteiger partial charge is 0.262 e. The number of rotatable bonds is 9. The molecule has 8 heteroatoms. The number of nitrogens with one attached hydrogen (secondary N) is 1. The SMILES string of the molecule is CC(C)N(CCn1c(SCC(=O)c2ccc3c(c2)CCC(=O)N3)nc2ccccc2c1=O)C(C)C. The van der Waals surface area contributed by atoms with Crippen LogP contribution in [0, 0.1) is 0 Å². The largest absolute Gasteiger partial charge is 0.326 e. The topological polar surface area (TPSA) is 84.3 Å². The van der Waals surface area contributed by atoms with Crippen LogP contribution in [0.15, 0.2) is 52.4 Å². The van der Waals surface area contributed by atoms with E-state index in [4.69, 9.17) is 4.98 Å². The van der Waals surface area contributed by atoms with E-state index in [-0.39, 0.29) is 23.0 Å². The van der Waals surface area contributed by atoms with E-state index in [2.05, 4.69) is 37.9 Å². The van der Waals surface area contributed by atoms with Gasteiger partial charge in [0.1, 0.15) is 0 Å². The molecule has 2 aromatic carbocycles. The first kappa shape index (κ1) is 25.1. The lowest BCUT2D eigenvalue weighted by Gasteiger charge is -2.30. The van der Waals surface area contributed by atoms with E-state index in [0.717, 1.165) is 11.3 Å². The zero-order chi connectivity index (χ0) is 25.1. The first-order valence-electron chi connectivity index (χ1n) is 12.1. The van der Waals surface area contributed by atoms with Crippen LogP contribution < -0.4 is 10.9 Å². The van der Waals surface area contributed by atoms with Gasteiger partial charge in [-0.15, -0.1) is 0 Å². The number of amides is 1. The maximum absolute atomic E-state index is 13.4. The number of fused-ring (bicyclic) bond motifs is 2. The van der Waals surface area contributed by atoms with Gasteiger partial charge in [0.15, 0.2) is 10.9 Å². The van der Waals surface area contributed by atoms with Crippen molar-refractivity contribution in [3.63, 3.8) is 0 Å². The maximum atomic E-state index is 13.4. The molecule has 3 aromatic rings. The van der Waals surface area contributed by atoms with E-state index in [1.165, 1.54) is 11.8 Å². The van der Waals surface area contributed by atoms with Crippen LogP contribution in [0.4, 0.5) is 5.69 Å². The molecule has 0 fully saturated rings. The molecule has 0 radical (unpaired) electrons. The standard InChI is InChI=1S/C27H32N4O3S/c1-17(2)30(18(3)4)13-14-31-26(34)21-7-5-6-8-23(21)29-27(31)35-16-24(32)20-9-11-22-19(15-20)10-12-25(33)28-22/h5-9,11,15,17-18H,10,12-14,16H2,1-4H3,(H,28,33). The summed E-state index contributed by atoms with van der Waals surface area (Å²) in [5, 5.41) is 3.99. The fraction of sp³-hybridized carbons (Fsp3) is 0.407. The normalized spacial score (nSPS) is 13.5. The van der Waals surface area contributed by atoms with Gasteiger partial charge in [-0.2, -0.15) is 0 Å². The van der Waals surface area contributed by atoms with Gasteiger partial charge in [-0.25, -0.2) is 4.98 Å². The quantitative estimate of drug-likeness (QED) is 0.271. The third kappa shape index (κ3) is 5.65. The number of Topliss-reactive ketones (excluding diaryl/α,β-unsaturated/α-hetero) is 1. The van der Waals surface area contributed by atoms with Crippen molar-refractivity contribution in [3.05, 3.63) is 63.9 Å². The fourth-order valence-electron chi connectivity index (χ4n) is 4.55. The van der Waals surface area contributed by atoms with E-state index in [1.807, 2.05) is 24.3 Å². The molecule has 0 saturated carbocycles. The first-order chi connectivity index (χ1) is 16.7. The van der Waals surface area contributed by atoms with Gasteiger partial charge in [-0.05, 0) is 70.0 Å². The number of aryl methyl sites for hydroxylation is 1. The van der Waals surface area contributed by atoms with E-state index >= 15 is 0 Å². The van der Waals surface area contributed by atoms with Gasteiger partial charge in [0.25, 0.3) is 5.56 Å². The molecule has 1 N–H and O–H groups in total. The highest BCUT2D eigenvalue weighted by Gasteiger charge is 2.19. The van der Waals surface area contributed by atoms with Crippen LogP contribution in [-0.2, 0) is 17.8 Å². The van der Waals surface area contributed by atoms with E-state index in [1.54, 1.807) is 22.8 Å². The molecule has 1 aliphatic rings. The van der Waals surface area contributed by atoms with Crippen LogP contribution in [0.2, 0.25) is 0 Å². The number of ketones is 1. The van der Waals surface area contributed by atoms with Crippen molar-refractivity contribution in [3.8, 4) is 0 Å². The lowest BCUT2D eigenvalue weighted by molar-refractivity contribution is -0.116. The molecule has 35 heavy (non-hydrogen) atoms. The molecule has 1 aliphatic heterocycles. The van der Waals surface area contributed by atoms with E-state index in [0.29, 0.717) is 59.6 Å². The average Bonchev–Trinajstić information content (AvgIpc) is 2.83. The van der Waals surface area contributed by atoms with E-state index in [9.17, 15) is 14.4 Å². The summed E-state index contributed by atoms with van der Waals surface area (Å²) in [4.78, 5) is 45.1. The van der Waals surface area contributed by atoms with Crippen molar-refractivity contribution in [2.24, 2.45) is 0 Å². The molecule has 0 atom stereocenters. The van der Waals surface area contributed by atoms with Gasteiger partial charge in [0.05, 0.1) is 16.7 Å². The minimum atomic E-state index is -0.0810. The van der Waals surface area contributed by atoms with Crippen molar-refractivity contribution in [2.45, 2.75) is 64.3 Å². The monoisotopic (exact) mass is 492 g/mol. The van der Waals surface area contributed by atoms with Gasteiger partial charge in [-0.1, -0.05) is 23.9 Å². The fourth-order valence-corrected chi connectivity index (χ4v) is 5.47. The van der Waals surface area contributed by atoms with Crippen LogP contribution in [0.3, 0.4) is 0 Å². The number of hydrogen-bond acceptors (Lipinski definition) is 6. The third-order valence-electron chi connectivity index (χ3n) is 6.39. The predicted octanol–water partition coefficient (Wildman–Crippen LogP) is 4.38. The summed E-state index contributed by atoms with van der Waals surface area (Å²) < 4.78 is 1.71. The molecule has 1 aromatic heterocycles. The van der Waals surface area contributed by atoms with Crippen LogP contribution in [0.1, 0.15) is 50.0 Å². The summed E-state index contributed by atoms with van der Waals surface area (Å²) in [6.07, 6.45) is 1.06. The first-order valence-corrected chi connectivity index (χ1v) is 13.1. The lowest BCUT2D eigenvalue weighted by Crippen LogP contribution is -2.40. The molecule has 0 spiro atoms. The van der Waals surface area contributed by atoms with Gasteiger partial charge in [0.2, 0.25) is 5.91 Å². The zero-order valence-electron chi connectivity index (χ0n) is 20.7. The Bertz CT molecular complexity index is 1310. The highest BCUT2D eigenvalue weighted by molar-refractivity contribution is 7.99. The molecule has 184 valence electrons. The maximum Gasteiger partial charge on any atom is 0.262 e. The number of carbonyl (C=O) groups excluding carboxylic acids is 2. The Balaban J connectivity index is 1.58. The second-order valence-electron chi connectivity index (χ2n) is 9.43. The minimum absolute atomic E-state index is 0.000908. The predicted molar refractivity (Wildman–Crippen MR) is 141 cm³/mol. The number of hydrogen-bond donors (Lipinski definition) is 1. The Morgan fingerprint density at radius 2 is 1.83 bits per heavy atom. The minimum Gasteiger partial charge on any atom is -0.326 e. The number of nitrogens with zero attached hydrogens (tertiary/aromatic N) is 3. The number of anilines is 1. The third-order valence-corrected chi connectivity index (χ3v) is 7.37. The van der Waals surface area contributed by atoms with Crippen molar-refractivity contribution >= 4 is 40.0 Å². The van der Waals surface area contributed by atoms with Gasteiger partial charge in [-0.3, -0.25) is 23.9 Å². The molecule has 1 amide bonds. The number of carbonyl (C=O) groups is 2. The number of benzene rings is 2. The number of aromatic nitrogens is 2. The average molecular weight is 493 g/mol. The van der Waals surface area contributed by atoms with Crippen LogP contribution in [-0.4, -0.2) is 50.5 Å². The molecule has 2 heterocycles. The molecular weight excluding hydrogens is 460 g/mol. The molecule has 7 nitrogen and oxygen atoms in total. The summed E-state index contributed by atoms with van der Waals surface area (Å²) in [5.41, 5.74) is 2.91. The second kappa shape index (κ2) is 10.7. The molecule has 0 bridgehead atoms. The van der Waals surface area contributed by atoms with Gasteiger partial charge in [0, 0.05) is 42.8 Å². The molecule has 4 rings (SSSR count). The molecule has 0 unspecified atom stereocenters. The number of para-hydroxylation sites is 1. The zero-order valence-corrected chi connectivity index (χ0v) is 21.5. The van der Waals surface area contributed by atoms with E-state index < -0.39 is 0 Å². The lowest BCUT2D eigenvalue weighted by atomic mass is 9.99. The second-order valence-corrected chi connectivity index (χ2v) is 10.4. The summed E-state index contributed by atoms with van der Waals surface area (Å²) in [5.74, 6) is 0.143. The van der Waals surface area contributed by atoms with Crippen molar-refractivity contribution < 1.29 is 9.59 Å². The highest BCUT2D eigenvalue weighted by atomic mass is 32.2. The van der Waals surface area contributed by atoms with Crippen molar-refractivity contribution in [2.75, 3.05) is 17.6 Å². The summed E-state index contributed by atoms with van der Waals surface area (Å²) in [6, 6.07) is 13.5. The Morgan fingerprint density at radius 1 is 1.09 bits per heavy atom. The Morgan fingerprint density at radius 3 is 2.57 bits per heavy atom. The summed E-state index contributed by atoms with van der Waals surface area (Å²) >= 11 is 1.30. The summed E-state index contributed by atoms with van der Waals surface area (Å²) in [7, 11) is 0. The van der Waals surface area contributed by atoms with Crippen molar-refractivity contribution in [1.82, 2.24) is 14.5 Å². The summed E-state index contributed by atoms with van der Waals surface area (Å²) in [6.45, 7) is 9.83. The highest BCUT2D eigenvalue weighted by Crippen LogP contribution is 2.25. The van der Waals surface area contributed by atoms with Crippen LogP contribution in [0.25, 0.3) is 10.9 Å². The Labute approximate surface area is 209 Å². The van der Waals surface area contributed by atoms with Gasteiger partial charge >= 0.3 is 0 Å². The number of thioether (sulfide) groups is 1. The van der Waals surface area contributed by atoms with Crippen LogP contribution >= 0.6 is 11.8 Å². The molecular formula is C27H32N4O3S. The Hall–Kier alpha value is -2.97. The van der Waals surface area contributed by atoms with Crippen molar-refractivity contribution in [1.29, 1.82) is 0 Å². The molecule has 0 saturated heterocycles. The van der Waals surface area contributed by atoms with Gasteiger partial charge < -0.3 is 5.32 Å². The molecule has 0 aliphatic carbocycles. The van der Waals surface area contributed by atoms with Crippen LogP contribution in [0.5, 0.6) is 0 Å².